The summed E-state index contributed by atoms with van der Waals surface area (Å²) in [5, 5.41) is 5.43. The predicted octanol–water partition coefficient (Wildman–Crippen LogP) is 2.16. The zero-order chi connectivity index (χ0) is 15.1. The number of thiocarbonyl (C=S) groups is 1. The van der Waals surface area contributed by atoms with Crippen LogP contribution in [-0.4, -0.2) is 40.9 Å². The molecule has 108 valence electrons. The van der Waals surface area contributed by atoms with Gasteiger partial charge in [0, 0.05) is 32.4 Å². The van der Waals surface area contributed by atoms with Crippen LogP contribution in [0.3, 0.4) is 0 Å². The van der Waals surface area contributed by atoms with Gasteiger partial charge in [0.25, 0.3) is 0 Å². The van der Waals surface area contributed by atoms with Crippen LogP contribution in [0.4, 0.5) is 11.4 Å². The SMILES string of the molecule is CC(=O)Nc1ccc(NC(=O)CSC(=S)N(C)C)cc1. The molecule has 2 amide bonds. The van der Waals surface area contributed by atoms with Gasteiger partial charge >= 0.3 is 0 Å². The van der Waals surface area contributed by atoms with Crippen molar-refractivity contribution >= 4 is 51.5 Å². The highest BCUT2D eigenvalue weighted by atomic mass is 32.2. The minimum atomic E-state index is -0.129. The van der Waals surface area contributed by atoms with Crippen molar-refractivity contribution in [3.05, 3.63) is 24.3 Å². The standard InChI is InChI=1S/C13H17N3O2S2/c1-9(17)14-10-4-6-11(7-5-10)15-12(18)8-20-13(19)16(2)3/h4-7H,8H2,1-3H3,(H,14,17)(H,15,18). The van der Waals surface area contributed by atoms with Gasteiger partial charge in [-0.15, -0.1) is 0 Å². The molecule has 0 unspecified atom stereocenters. The molecule has 0 atom stereocenters. The van der Waals surface area contributed by atoms with Crippen molar-refractivity contribution in [1.82, 2.24) is 4.90 Å². The van der Waals surface area contributed by atoms with Gasteiger partial charge in [0.1, 0.15) is 4.32 Å². The first kappa shape index (κ1) is 16.5. The second-order valence-electron chi connectivity index (χ2n) is 4.26. The number of hydrogen-bond acceptors (Lipinski definition) is 4. The Morgan fingerprint density at radius 3 is 2.10 bits per heavy atom. The number of rotatable bonds is 4. The highest BCUT2D eigenvalue weighted by Crippen LogP contribution is 2.14. The molecule has 2 N–H and O–H groups in total. The molecule has 0 aliphatic rings. The quantitative estimate of drug-likeness (QED) is 0.835. The molecule has 1 rings (SSSR count). The highest BCUT2D eigenvalue weighted by Gasteiger charge is 2.06. The van der Waals surface area contributed by atoms with E-state index in [-0.39, 0.29) is 17.6 Å². The van der Waals surface area contributed by atoms with Gasteiger partial charge in [-0.25, -0.2) is 0 Å². The zero-order valence-corrected chi connectivity index (χ0v) is 13.2. The molecule has 7 heteroatoms. The first-order chi connectivity index (χ1) is 9.38. The molecule has 0 aromatic heterocycles. The molecule has 0 radical (unpaired) electrons. The molecule has 0 saturated heterocycles. The molecule has 0 aliphatic carbocycles. The van der Waals surface area contributed by atoms with Crippen LogP contribution in [-0.2, 0) is 9.59 Å². The fourth-order valence-corrected chi connectivity index (χ4v) is 2.06. The molecule has 5 nitrogen and oxygen atoms in total. The van der Waals surface area contributed by atoms with E-state index in [9.17, 15) is 9.59 Å². The van der Waals surface area contributed by atoms with Crippen molar-refractivity contribution in [2.75, 3.05) is 30.5 Å². The van der Waals surface area contributed by atoms with Gasteiger partial charge in [-0.05, 0) is 24.3 Å². The van der Waals surface area contributed by atoms with E-state index in [1.807, 2.05) is 14.1 Å². The molecular formula is C13H17N3O2S2. The molecule has 0 saturated carbocycles. The predicted molar refractivity (Wildman–Crippen MR) is 88.1 cm³/mol. The van der Waals surface area contributed by atoms with E-state index in [0.717, 1.165) is 0 Å². The Hall–Kier alpha value is -1.60. The second-order valence-corrected chi connectivity index (χ2v) is 5.86. The number of nitrogens with one attached hydrogen (secondary N) is 2. The molecule has 20 heavy (non-hydrogen) atoms. The van der Waals surface area contributed by atoms with E-state index in [0.29, 0.717) is 15.7 Å². The summed E-state index contributed by atoms with van der Waals surface area (Å²) in [5.41, 5.74) is 1.37. The van der Waals surface area contributed by atoms with Crippen LogP contribution in [0.2, 0.25) is 0 Å². The maximum Gasteiger partial charge on any atom is 0.234 e. The maximum absolute atomic E-state index is 11.7. The van der Waals surface area contributed by atoms with Crippen molar-refractivity contribution in [1.29, 1.82) is 0 Å². The minimum absolute atomic E-state index is 0.119. The van der Waals surface area contributed by atoms with Crippen LogP contribution >= 0.6 is 24.0 Å². The van der Waals surface area contributed by atoms with E-state index < -0.39 is 0 Å². The number of carbonyl (C=O) groups excluding carboxylic acids is 2. The summed E-state index contributed by atoms with van der Waals surface area (Å²) in [5.74, 6) is 0.0200. The topological polar surface area (TPSA) is 61.4 Å². The van der Waals surface area contributed by atoms with Crippen LogP contribution in [0.5, 0.6) is 0 Å². The third-order valence-electron chi connectivity index (χ3n) is 2.18. The van der Waals surface area contributed by atoms with Gasteiger partial charge in [0.05, 0.1) is 5.75 Å². The first-order valence-electron chi connectivity index (χ1n) is 5.90. The number of anilines is 2. The average Bonchev–Trinajstić information content (AvgIpc) is 2.37. The Morgan fingerprint density at radius 2 is 1.65 bits per heavy atom. The van der Waals surface area contributed by atoms with E-state index in [2.05, 4.69) is 10.6 Å². The molecule has 1 aromatic rings. The van der Waals surface area contributed by atoms with Crippen molar-refractivity contribution in [3.8, 4) is 0 Å². The van der Waals surface area contributed by atoms with Crippen LogP contribution in [0.25, 0.3) is 0 Å². The minimum Gasteiger partial charge on any atom is -0.364 e. The van der Waals surface area contributed by atoms with Gasteiger partial charge < -0.3 is 15.5 Å². The third kappa shape index (κ3) is 6.03. The van der Waals surface area contributed by atoms with Gasteiger partial charge in [-0.2, -0.15) is 0 Å². The largest absolute Gasteiger partial charge is 0.364 e. The van der Waals surface area contributed by atoms with Gasteiger partial charge in [0.2, 0.25) is 11.8 Å². The summed E-state index contributed by atoms with van der Waals surface area (Å²) in [6.45, 7) is 1.44. The molecule has 0 aliphatic heterocycles. The van der Waals surface area contributed by atoms with Crippen molar-refractivity contribution < 1.29 is 9.59 Å². The summed E-state index contributed by atoms with van der Waals surface area (Å²) in [6, 6.07) is 6.93. The number of nitrogens with zero attached hydrogens (tertiary/aromatic N) is 1. The number of hydrogen-bond donors (Lipinski definition) is 2. The Labute approximate surface area is 128 Å². The molecule has 0 heterocycles. The normalized spacial score (nSPS) is 9.75. The monoisotopic (exact) mass is 311 g/mol. The summed E-state index contributed by atoms with van der Waals surface area (Å²) in [6.07, 6.45) is 0. The fraction of sp³-hybridized carbons (Fsp3) is 0.308. The van der Waals surface area contributed by atoms with E-state index >= 15 is 0 Å². The first-order valence-corrected chi connectivity index (χ1v) is 7.29. The lowest BCUT2D eigenvalue weighted by Gasteiger charge is -2.12. The molecule has 1 aromatic carbocycles. The highest BCUT2D eigenvalue weighted by molar-refractivity contribution is 8.23. The lowest BCUT2D eigenvalue weighted by Crippen LogP contribution is -2.20. The molecule has 0 bridgehead atoms. The Kier molecular flexibility index (Phi) is 6.47. The molecule has 0 spiro atoms. The van der Waals surface area contributed by atoms with Crippen LogP contribution in [0, 0.1) is 0 Å². The Bertz CT molecular complexity index is 501. The van der Waals surface area contributed by atoms with E-state index in [1.165, 1.54) is 18.7 Å². The lowest BCUT2D eigenvalue weighted by molar-refractivity contribution is -0.114. The van der Waals surface area contributed by atoms with Crippen LogP contribution in [0.1, 0.15) is 6.92 Å². The molecular weight excluding hydrogens is 294 g/mol. The maximum atomic E-state index is 11.7. The van der Waals surface area contributed by atoms with Gasteiger partial charge in [0.15, 0.2) is 0 Å². The third-order valence-corrected chi connectivity index (χ3v) is 3.92. The van der Waals surface area contributed by atoms with Crippen LogP contribution < -0.4 is 10.6 Å². The average molecular weight is 311 g/mol. The molecule has 0 fully saturated rings. The van der Waals surface area contributed by atoms with Crippen molar-refractivity contribution in [2.45, 2.75) is 6.92 Å². The van der Waals surface area contributed by atoms with Gasteiger partial charge in [-0.3, -0.25) is 9.59 Å². The fourth-order valence-electron chi connectivity index (χ4n) is 1.29. The number of thioether (sulfide) groups is 1. The lowest BCUT2D eigenvalue weighted by atomic mass is 10.3. The van der Waals surface area contributed by atoms with E-state index in [1.54, 1.807) is 29.2 Å². The number of benzene rings is 1. The van der Waals surface area contributed by atoms with E-state index in [4.69, 9.17) is 12.2 Å². The summed E-state index contributed by atoms with van der Waals surface area (Å²) in [7, 11) is 3.68. The second kappa shape index (κ2) is 7.86. The van der Waals surface area contributed by atoms with Gasteiger partial charge in [-0.1, -0.05) is 24.0 Å². The Morgan fingerprint density at radius 1 is 1.15 bits per heavy atom. The summed E-state index contributed by atoms with van der Waals surface area (Å²) in [4.78, 5) is 24.4. The van der Waals surface area contributed by atoms with Crippen molar-refractivity contribution in [3.63, 3.8) is 0 Å². The van der Waals surface area contributed by atoms with Crippen molar-refractivity contribution in [2.24, 2.45) is 0 Å². The summed E-state index contributed by atoms with van der Waals surface area (Å²) < 4.78 is 0.668. The number of carbonyl (C=O) groups is 2. The summed E-state index contributed by atoms with van der Waals surface area (Å²) >= 11 is 6.40. The van der Waals surface area contributed by atoms with Crippen LogP contribution in [0.15, 0.2) is 24.3 Å². The number of amides is 2. The smallest absolute Gasteiger partial charge is 0.234 e. The Balaban J connectivity index is 2.46. The zero-order valence-electron chi connectivity index (χ0n) is 11.6.